The first-order chi connectivity index (χ1) is 15.6. The van der Waals surface area contributed by atoms with Crippen LogP contribution in [0.2, 0.25) is 0 Å². The zero-order valence-corrected chi connectivity index (χ0v) is 21.0. The van der Waals surface area contributed by atoms with Crippen molar-refractivity contribution in [2.75, 3.05) is 6.61 Å². The molecule has 0 amide bonds. The second-order valence-electron chi connectivity index (χ2n) is 9.58. The summed E-state index contributed by atoms with van der Waals surface area (Å²) in [5.74, 6) is -2.05. The Balaban J connectivity index is 2.45. The van der Waals surface area contributed by atoms with E-state index < -0.39 is 11.9 Å². The molecule has 2 unspecified atom stereocenters. The van der Waals surface area contributed by atoms with Gasteiger partial charge in [-0.15, -0.1) is 0 Å². The maximum atomic E-state index is 12.9. The van der Waals surface area contributed by atoms with Gasteiger partial charge in [-0.1, -0.05) is 97.3 Å². The van der Waals surface area contributed by atoms with E-state index >= 15 is 0 Å². The van der Waals surface area contributed by atoms with Gasteiger partial charge in [-0.25, -0.2) is 0 Å². The van der Waals surface area contributed by atoms with Crippen molar-refractivity contribution < 1.29 is 24.2 Å². The number of carbonyl (C=O) groups excluding carboxylic acids is 1. The van der Waals surface area contributed by atoms with Gasteiger partial charge in [0.05, 0.1) is 6.10 Å². The number of carbonyl (C=O) groups is 2. The maximum Gasteiger partial charge on any atom is 0.314 e. The first-order valence-electron chi connectivity index (χ1n) is 13.6. The van der Waals surface area contributed by atoms with Gasteiger partial charge in [0.15, 0.2) is 6.29 Å². The Morgan fingerprint density at radius 2 is 1.41 bits per heavy atom. The zero-order chi connectivity index (χ0) is 23.4. The van der Waals surface area contributed by atoms with E-state index in [9.17, 15) is 14.7 Å². The van der Waals surface area contributed by atoms with Crippen LogP contribution in [-0.2, 0) is 19.1 Å². The molecule has 5 heteroatoms. The molecule has 1 aliphatic heterocycles. The highest BCUT2D eigenvalue weighted by atomic mass is 16.7. The molecule has 0 radical (unpaired) electrons. The third-order valence-electron chi connectivity index (χ3n) is 6.57. The summed E-state index contributed by atoms with van der Waals surface area (Å²) in [6, 6.07) is 0. The second-order valence-corrected chi connectivity index (χ2v) is 9.58. The summed E-state index contributed by atoms with van der Waals surface area (Å²) in [5, 5.41) is 9.60. The fourth-order valence-corrected chi connectivity index (χ4v) is 4.50. The van der Waals surface area contributed by atoms with Crippen LogP contribution in [0.5, 0.6) is 0 Å². The number of unbranched alkanes of at least 4 members (excludes halogenated alkanes) is 11. The highest BCUT2D eigenvalue weighted by molar-refractivity contribution is 5.98. The Morgan fingerprint density at radius 3 is 1.97 bits per heavy atom. The molecule has 188 valence electrons. The number of rotatable bonds is 21. The van der Waals surface area contributed by atoms with Crippen molar-refractivity contribution in [1.29, 1.82) is 0 Å². The quantitative estimate of drug-likeness (QED) is 0.144. The third kappa shape index (κ3) is 14.3. The fourth-order valence-electron chi connectivity index (χ4n) is 4.50. The summed E-state index contributed by atoms with van der Waals surface area (Å²) < 4.78 is 11.9. The average Bonchev–Trinajstić information content (AvgIpc) is 2.78. The van der Waals surface area contributed by atoms with Crippen LogP contribution in [-0.4, -0.2) is 35.9 Å². The highest BCUT2D eigenvalue weighted by Gasteiger charge is 2.29. The molecular formula is C27H50O5. The van der Waals surface area contributed by atoms with Gasteiger partial charge in [0.25, 0.3) is 0 Å². The van der Waals surface area contributed by atoms with Crippen LogP contribution in [0, 0.1) is 5.92 Å². The van der Waals surface area contributed by atoms with Gasteiger partial charge < -0.3 is 14.6 Å². The topological polar surface area (TPSA) is 72.8 Å². The zero-order valence-electron chi connectivity index (χ0n) is 21.0. The smallest absolute Gasteiger partial charge is 0.314 e. The number of hydrogen-bond donors (Lipinski definition) is 1. The molecule has 1 saturated heterocycles. The van der Waals surface area contributed by atoms with Gasteiger partial charge in [-0.2, -0.15) is 0 Å². The average molecular weight is 455 g/mol. The lowest BCUT2D eigenvalue weighted by molar-refractivity contribution is -0.191. The van der Waals surface area contributed by atoms with Gasteiger partial charge in [0, 0.05) is 13.0 Å². The molecule has 0 aromatic heterocycles. The van der Waals surface area contributed by atoms with Crippen LogP contribution in [0.4, 0.5) is 0 Å². The Kier molecular flexibility index (Phi) is 17.7. The number of carboxylic acids is 1. The minimum absolute atomic E-state index is 0.175. The van der Waals surface area contributed by atoms with E-state index in [-0.39, 0.29) is 24.6 Å². The number of ether oxygens (including phenoxy) is 2. The van der Waals surface area contributed by atoms with Crippen LogP contribution in [0.15, 0.2) is 0 Å². The predicted molar refractivity (Wildman–Crippen MR) is 130 cm³/mol. The fraction of sp³-hybridized carbons (Fsp3) is 0.926. The summed E-state index contributed by atoms with van der Waals surface area (Å²) >= 11 is 0. The minimum Gasteiger partial charge on any atom is -0.481 e. The largest absolute Gasteiger partial charge is 0.481 e. The first-order valence-corrected chi connectivity index (χ1v) is 13.6. The molecule has 3 atom stereocenters. The molecule has 1 rings (SSSR count). The Morgan fingerprint density at radius 1 is 0.844 bits per heavy atom. The van der Waals surface area contributed by atoms with E-state index in [0.717, 1.165) is 64.2 Å². The standard InChI is InChI=1S/C27H50O5/c1-3-5-7-9-10-11-12-13-14-18-23(32-26-20-16-17-21-31-26)22-25(28)24(27(29)30)19-15-8-6-4-2/h23-24,26H,3-22H2,1-2H3,(H,29,30)/t23?,24?,26-/m1/s1. The van der Waals surface area contributed by atoms with Gasteiger partial charge >= 0.3 is 5.97 Å². The van der Waals surface area contributed by atoms with E-state index in [1.54, 1.807) is 0 Å². The van der Waals surface area contributed by atoms with Crippen molar-refractivity contribution in [3.8, 4) is 0 Å². The van der Waals surface area contributed by atoms with Crippen LogP contribution >= 0.6 is 0 Å². The lowest BCUT2D eigenvalue weighted by Gasteiger charge is -2.28. The van der Waals surface area contributed by atoms with Crippen molar-refractivity contribution >= 4 is 11.8 Å². The molecule has 0 aromatic carbocycles. The highest BCUT2D eigenvalue weighted by Crippen LogP contribution is 2.23. The molecule has 5 nitrogen and oxygen atoms in total. The van der Waals surface area contributed by atoms with Crippen LogP contribution in [0.1, 0.15) is 136 Å². The van der Waals surface area contributed by atoms with Crippen LogP contribution in [0.3, 0.4) is 0 Å². The van der Waals surface area contributed by atoms with Gasteiger partial charge in [0.2, 0.25) is 0 Å². The summed E-state index contributed by atoms with van der Waals surface area (Å²) in [7, 11) is 0. The van der Waals surface area contributed by atoms with E-state index in [2.05, 4.69) is 13.8 Å². The van der Waals surface area contributed by atoms with Crippen molar-refractivity contribution in [3.63, 3.8) is 0 Å². The number of hydrogen-bond acceptors (Lipinski definition) is 4. The Bertz CT molecular complexity index is 473. The first kappa shape index (κ1) is 29.1. The molecule has 0 aliphatic carbocycles. The van der Waals surface area contributed by atoms with Crippen molar-refractivity contribution in [2.45, 2.75) is 148 Å². The lowest BCUT2D eigenvalue weighted by Crippen LogP contribution is -2.32. The van der Waals surface area contributed by atoms with Crippen LogP contribution in [0.25, 0.3) is 0 Å². The van der Waals surface area contributed by atoms with Crippen molar-refractivity contribution in [3.05, 3.63) is 0 Å². The molecule has 0 saturated carbocycles. The van der Waals surface area contributed by atoms with Gasteiger partial charge in [0.1, 0.15) is 11.7 Å². The van der Waals surface area contributed by atoms with E-state index in [1.165, 1.54) is 44.9 Å². The molecule has 1 aliphatic rings. The summed E-state index contributed by atoms with van der Waals surface area (Å²) in [5.41, 5.74) is 0. The number of Topliss-reactive ketones (excluding diaryl/α,β-unsaturated/α-hetero) is 1. The molecule has 0 aromatic rings. The second kappa shape index (κ2) is 19.5. The summed E-state index contributed by atoms with van der Waals surface area (Å²) in [6.07, 6.45) is 19.2. The van der Waals surface area contributed by atoms with Gasteiger partial charge in [-0.05, 0) is 32.1 Å². The Hall–Kier alpha value is -0.940. The summed E-state index contributed by atoms with van der Waals surface area (Å²) in [6.45, 7) is 5.08. The molecule has 0 spiro atoms. The number of ketones is 1. The summed E-state index contributed by atoms with van der Waals surface area (Å²) in [4.78, 5) is 24.6. The Labute approximate surface area is 197 Å². The molecule has 1 heterocycles. The lowest BCUT2D eigenvalue weighted by atomic mass is 9.92. The molecule has 0 bridgehead atoms. The van der Waals surface area contributed by atoms with E-state index in [1.807, 2.05) is 0 Å². The molecule has 32 heavy (non-hydrogen) atoms. The monoisotopic (exact) mass is 454 g/mol. The molecule has 1 fully saturated rings. The number of carboxylic acid groups (broad SMARTS) is 1. The van der Waals surface area contributed by atoms with Gasteiger partial charge in [-0.3, -0.25) is 9.59 Å². The van der Waals surface area contributed by atoms with Crippen molar-refractivity contribution in [2.24, 2.45) is 5.92 Å². The van der Waals surface area contributed by atoms with Crippen LogP contribution < -0.4 is 0 Å². The van der Waals surface area contributed by atoms with E-state index in [0.29, 0.717) is 13.0 Å². The normalized spacial score (nSPS) is 18.4. The van der Waals surface area contributed by atoms with E-state index in [4.69, 9.17) is 9.47 Å². The minimum atomic E-state index is -0.984. The SMILES string of the molecule is CCCCCCCCCCCC(CC(=O)C(CCCCCC)C(=O)O)O[C@@H]1CCCCO1. The molecular weight excluding hydrogens is 404 g/mol. The number of aliphatic carboxylic acids is 1. The van der Waals surface area contributed by atoms with Crippen molar-refractivity contribution in [1.82, 2.24) is 0 Å². The predicted octanol–water partition coefficient (Wildman–Crippen LogP) is 7.45. The molecule has 1 N–H and O–H groups in total. The maximum absolute atomic E-state index is 12.9. The third-order valence-corrected chi connectivity index (χ3v) is 6.57.